The van der Waals surface area contributed by atoms with Gasteiger partial charge in [0.25, 0.3) is 0 Å². The van der Waals surface area contributed by atoms with Crippen LogP contribution >= 0.6 is 35.3 Å². The first kappa shape index (κ1) is 21.4. The first-order chi connectivity index (χ1) is 13.6. The van der Waals surface area contributed by atoms with Crippen LogP contribution in [0.4, 0.5) is 11.5 Å². The molecule has 0 aliphatic rings. The molecule has 0 aliphatic carbocycles. The second kappa shape index (κ2) is 8.98. The van der Waals surface area contributed by atoms with Gasteiger partial charge in [0.05, 0.1) is 22.7 Å². The average Bonchev–Trinajstić information content (AvgIpc) is 3.31. The zero-order valence-corrected chi connectivity index (χ0v) is 18.7. The molecule has 1 N–H and O–H groups in total. The van der Waals surface area contributed by atoms with E-state index in [2.05, 4.69) is 17.3 Å². The van der Waals surface area contributed by atoms with Crippen LogP contribution < -0.4 is 10.1 Å². The summed E-state index contributed by atoms with van der Waals surface area (Å²) >= 11 is 7.90. The number of thiophene rings is 1. The topological polar surface area (TPSA) is 64.9 Å². The molecule has 9 heteroatoms. The summed E-state index contributed by atoms with van der Waals surface area (Å²) in [7, 11) is 3.52. The molecule has 0 amide bonds. The highest BCUT2D eigenvalue weighted by Crippen LogP contribution is 2.33. The number of rotatable bonds is 6. The van der Waals surface area contributed by atoms with Gasteiger partial charge in [-0.3, -0.25) is 4.68 Å². The fraction of sp³-hybridized carbons (Fsp3) is 0.250. The second-order valence-electron chi connectivity index (χ2n) is 6.36. The molecule has 0 radical (unpaired) electrons. The quantitative estimate of drug-likeness (QED) is 0.398. The molecule has 0 atom stereocenters. The van der Waals surface area contributed by atoms with Crippen LogP contribution in [0.5, 0.6) is 5.75 Å². The Morgan fingerprint density at radius 1 is 1.24 bits per heavy atom. The predicted octanol–water partition coefficient (Wildman–Crippen LogP) is 5.87. The predicted molar refractivity (Wildman–Crippen MR) is 122 cm³/mol. The van der Waals surface area contributed by atoms with E-state index >= 15 is 0 Å². The monoisotopic (exact) mass is 449 g/mol. The van der Waals surface area contributed by atoms with Crippen LogP contribution in [0.2, 0.25) is 5.02 Å². The van der Waals surface area contributed by atoms with Gasteiger partial charge in [-0.15, -0.1) is 23.7 Å². The summed E-state index contributed by atoms with van der Waals surface area (Å²) in [6.07, 6.45) is 1.87. The first-order valence-electron chi connectivity index (χ1n) is 8.98. The number of halogens is 2. The number of hydrogen-bond acceptors (Lipinski definition) is 6. The standard InChI is InChI=1S/C20H20ClN5OS.ClH/c1-4-6-14-17-18(26(2)25-14)20(24-19(23-17)16-7-5-10-28-16)22-12-8-9-15(27-3)13(21)11-12;/h5,7-11H,4,6H2,1-3H3,(H,22,23,24);1H. The van der Waals surface area contributed by atoms with Crippen molar-refractivity contribution in [2.24, 2.45) is 7.05 Å². The van der Waals surface area contributed by atoms with Crippen molar-refractivity contribution in [1.82, 2.24) is 19.7 Å². The molecule has 0 saturated heterocycles. The molecule has 4 rings (SSSR count). The van der Waals surface area contributed by atoms with E-state index in [0.717, 1.165) is 40.1 Å². The highest BCUT2D eigenvalue weighted by molar-refractivity contribution is 7.13. The highest BCUT2D eigenvalue weighted by atomic mass is 35.5. The van der Waals surface area contributed by atoms with E-state index in [1.165, 1.54) is 0 Å². The van der Waals surface area contributed by atoms with Crippen molar-refractivity contribution in [3.63, 3.8) is 0 Å². The Balaban J connectivity index is 0.00000240. The molecular weight excluding hydrogens is 429 g/mol. The molecule has 152 valence electrons. The minimum Gasteiger partial charge on any atom is -0.495 e. The van der Waals surface area contributed by atoms with Crippen LogP contribution in [0.1, 0.15) is 19.0 Å². The van der Waals surface area contributed by atoms with E-state index in [-0.39, 0.29) is 12.4 Å². The van der Waals surface area contributed by atoms with Crippen LogP contribution in [0.3, 0.4) is 0 Å². The number of nitrogens with one attached hydrogen (secondary N) is 1. The maximum atomic E-state index is 6.29. The van der Waals surface area contributed by atoms with Gasteiger partial charge in [0.15, 0.2) is 11.6 Å². The summed E-state index contributed by atoms with van der Waals surface area (Å²) in [5, 5.41) is 10.6. The highest BCUT2D eigenvalue weighted by Gasteiger charge is 2.18. The summed E-state index contributed by atoms with van der Waals surface area (Å²) in [5.74, 6) is 2.02. The molecule has 4 aromatic rings. The van der Waals surface area contributed by atoms with Crippen LogP contribution in [0, 0.1) is 0 Å². The number of fused-ring (bicyclic) bond motifs is 1. The molecular formula is C20H21Cl2N5OS. The fourth-order valence-corrected chi connectivity index (χ4v) is 4.05. The molecule has 0 unspecified atom stereocenters. The number of benzene rings is 1. The second-order valence-corrected chi connectivity index (χ2v) is 7.72. The van der Waals surface area contributed by atoms with Crippen molar-refractivity contribution < 1.29 is 4.74 Å². The minimum absolute atomic E-state index is 0. The number of ether oxygens (including phenoxy) is 1. The maximum absolute atomic E-state index is 6.29. The molecule has 6 nitrogen and oxygen atoms in total. The third kappa shape index (κ3) is 4.17. The van der Waals surface area contributed by atoms with Gasteiger partial charge in [0, 0.05) is 12.7 Å². The summed E-state index contributed by atoms with van der Waals surface area (Å²) in [4.78, 5) is 10.7. The third-order valence-electron chi connectivity index (χ3n) is 4.39. The van der Waals surface area contributed by atoms with Crippen LogP contribution in [0.25, 0.3) is 21.7 Å². The van der Waals surface area contributed by atoms with Crippen molar-refractivity contribution in [2.45, 2.75) is 19.8 Å². The Hall–Kier alpha value is -2.35. The summed E-state index contributed by atoms with van der Waals surface area (Å²) < 4.78 is 7.08. The molecule has 0 saturated carbocycles. The van der Waals surface area contributed by atoms with Crippen LogP contribution in [-0.4, -0.2) is 26.9 Å². The molecule has 0 aliphatic heterocycles. The lowest BCUT2D eigenvalue weighted by Gasteiger charge is -2.11. The van der Waals surface area contributed by atoms with Gasteiger partial charge in [-0.05, 0) is 36.1 Å². The lowest BCUT2D eigenvalue weighted by Crippen LogP contribution is -2.01. The van der Waals surface area contributed by atoms with E-state index in [4.69, 9.17) is 26.3 Å². The zero-order chi connectivity index (χ0) is 19.7. The van der Waals surface area contributed by atoms with Crippen molar-refractivity contribution in [3.05, 3.63) is 46.4 Å². The maximum Gasteiger partial charge on any atom is 0.172 e. The van der Waals surface area contributed by atoms with Gasteiger partial charge >= 0.3 is 0 Å². The summed E-state index contributed by atoms with van der Waals surface area (Å²) in [6.45, 7) is 2.14. The van der Waals surface area contributed by atoms with Gasteiger partial charge < -0.3 is 10.1 Å². The Morgan fingerprint density at radius 2 is 2.07 bits per heavy atom. The van der Waals surface area contributed by atoms with Crippen molar-refractivity contribution in [1.29, 1.82) is 0 Å². The number of aryl methyl sites for hydroxylation is 2. The number of hydrogen-bond donors (Lipinski definition) is 1. The number of aromatic nitrogens is 4. The fourth-order valence-electron chi connectivity index (χ4n) is 3.13. The Morgan fingerprint density at radius 3 is 2.72 bits per heavy atom. The van der Waals surface area contributed by atoms with E-state index in [1.54, 1.807) is 18.4 Å². The van der Waals surface area contributed by atoms with Crippen LogP contribution in [0.15, 0.2) is 35.7 Å². The number of nitrogens with zero attached hydrogens (tertiary/aromatic N) is 4. The van der Waals surface area contributed by atoms with E-state index < -0.39 is 0 Å². The van der Waals surface area contributed by atoms with Gasteiger partial charge in [-0.1, -0.05) is 31.0 Å². The molecule has 29 heavy (non-hydrogen) atoms. The lowest BCUT2D eigenvalue weighted by molar-refractivity contribution is 0.415. The smallest absolute Gasteiger partial charge is 0.172 e. The molecule has 0 spiro atoms. The third-order valence-corrected chi connectivity index (χ3v) is 5.56. The molecule has 0 bridgehead atoms. The van der Waals surface area contributed by atoms with E-state index in [9.17, 15) is 0 Å². The lowest BCUT2D eigenvalue weighted by atomic mass is 10.2. The largest absolute Gasteiger partial charge is 0.495 e. The Kier molecular flexibility index (Phi) is 6.62. The van der Waals surface area contributed by atoms with E-state index in [1.807, 2.05) is 47.4 Å². The Labute approximate surface area is 184 Å². The Bertz CT molecular complexity index is 1130. The molecule has 0 fully saturated rings. The number of methoxy groups -OCH3 is 1. The molecule has 3 aromatic heterocycles. The van der Waals surface area contributed by atoms with Gasteiger partial charge in [0.1, 0.15) is 16.8 Å². The van der Waals surface area contributed by atoms with Crippen LogP contribution in [-0.2, 0) is 13.5 Å². The SMILES string of the molecule is CCCc1nn(C)c2c(Nc3ccc(OC)c(Cl)c3)nc(-c3cccs3)nc12.Cl. The van der Waals surface area contributed by atoms with E-state index in [0.29, 0.717) is 22.4 Å². The van der Waals surface area contributed by atoms with Gasteiger partial charge in [-0.25, -0.2) is 9.97 Å². The van der Waals surface area contributed by atoms with Gasteiger partial charge in [0.2, 0.25) is 0 Å². The van der Waals surface area contributed by atoms with Crippen molar-refractivity contribution in [2.75, 3.05) is 12.4 Å². The van der Waals surface area contributed by atoms with Crippen molar-refractivity contribution >= 4 is 57.9 Å². The molecule has 3 heterocycles. The summed E-state index contributed by atoms with van der Waals surface area (Å²) in [6, 6.07) is 9.58. The van der Waals surface area contributed by atoms with Gasteiger partial charge in [-0.2, -0.15) is 5.10 Å². The average molecular weight is 450 g/mol. The van der Waals surface area contributed by atoms with Crippen molar-refractivity contribution in [3.8, 4) is 16.5 Å². The first-order valence-corrected chi connectivity index (χ1v) is 10.2. The minimum atomic E-state index is 0. The summed E-state index contributed by atoms with van der Waals surface area (Å²) in [5.41, 5.74) is 3.55. The molecule has 1 aromatic carbocycles. The zero-order valence-electron chi connectivity index (χ0n) is 16.3. The normalized spacial score (nSPS) is 10.8. The number of anilines is 2.